The van der Waals surface area contributed by atoms with Crippen molar-refractivity contribution in [2.75, 3.05) is 6.61 Å². The molecule has 0 saturated heterocycles. The van der Waals surface area contributed by atoms with Crippen molar-refractivity contribution in [2.24, 2.45) is 0 Å². The summed E-state index contributed by atoms with van der Waals surface area (Å²) in [4.78, 5) is 6.99. The quantitative estimate of drug-likeness (QED) is 0.762. The second-order valence-corrected chi connectivity index (χ2v) is 3.28. The number of nitriles is 1. The summed E-state index contributed by atoms with van der Waals surface area (Å²) in [6.45, 7) is 2.23. The molecule has 2 aromatic heterocycles. The van der Waals surface area contributed by atoms with Gasteiger partial charge in [-0.1, -0.05) is 0 Å². The largest absolute Gasteiger partial charge is 0.363 e. The average molecular weight is 217 g/mol. The molecule has 0 aliphatic heterocycles. The van der Waals surface area contributed by atoms with Crippen LogP contribution in [0.25, 0.3) is 11.0 Å². The molecule has 0 aromatic carbocycles. The Bertz CT molecular complexity index is 542. The lowest BCUT2D eigenvalue weighted by Crippen LogP contribution is -2.02. The minimum atomic E-state index is -0.982. The molecule has 2 rings (SSSR count). The first-order valence-corrected chi connectivity index (χ1v) is 4.94. The molecule has 1 atom stereocenters. The van der Waals surface area contributed by atoms with E-state index in [1.54, 1.807) is 25.1 Å². The maximum Gasteiger partial charge on any atom is 0.196 e. The van der Waals surface area contributed by atoms with Crippen LogP contribution in [0.4, 0.5) is 0 Å². The maximum atomic E-state index is 9.60. The number of pyridine rings is 1. The van der Waals surface area contributed by atoms with E-state index in [2.05, 4.69) is 9.97 Å². The Morgan fingerprint density at radius 2 is 2.44 bits per heavy atom. The van der Waals surface area contributed by atoms with Crippen LogP contribution >= 0.6 is 0 Å². The van der Waals surface area contributed by atoms with Gasteiger partial charge in [0.2, 0.25) is 0 Å². The minimum absolute atomic E-state index is 0.340. The first-order valence-electron chi connectivity index (χ1n) is 4.94. The van der Waals surface area contributed by atoms with Gasteiger partial charge in [-0.15, -0.1) is 0 Å². The lowest BCUT2D eigenvalue weighted by molar-refractivity contribution is -0.100. The molecule has 0 fully saturated rings. The van der Waals surface area contributed by atoms with Gasteiger partial charge in [-0.3, -0.25) is 0 Å². The zero-order valence-corrected chi connectivity index (χ0v) is 8.77. The van der Waals surface area contributed by atoms with Crippen LogP contribution in [-0.4, -0.2) is 21.7 Å². The summed E-state index contributed by atoms with van der Waals surface area (Å²) in [5.41, 5.74) is 1.46. The fraction of sp³-hybridized carbons (Fsp3) is 0.273. The predicted octanol–water partition coefficient (Wildman–Crippen LogP) is 1.46. The first-order chi connectivity index (χ1) is 7.74. The zero-order valence-electron chi connectivity index (χ0n) is 8.77. The summed E-state index contributed by atoms with van der Waals surface area (Å²) in [6.07, 6.45) is -0.982. The third-order valence-corrected chi connectivity index (χ3v) is 2.21. The molecule has 5 heteroatoms. The van der Waals surface area contributed by atoms with E-state index in [9.17, 15) is 5.11 Å². The third-order valence-electron chi connectivity index (χ3n) is 2.21. The van der Waals surface area contributed by atoms with Crippen LogP contribution in [-0.2, 0) is 4.74 Å². The molecule has 82 valence electrons. The van der Waals surface area contributed by atoms with Crippen molar-refractivity contribution in [1.29, 1.82) is 5.26 Å². The molecule has 1 unspecified atom stereocenters. The van der Waals surface area contributed by atoms with Gasteiger partial charge in [0.15, 0.2) is 6.29 Å². The minimum Gasteiger partial charge on any atom is -0.363 e. The summed E-state index contributed by atoms with van der Waals surface area (Å²) in [5, 5.41) is 19.1. The van der Waals surface area contributed by atoms with E-state index in [0.29, 0.717) is 23.6 Å². The molecular formula is C11H11N3O2. The van der Waals surface area contributed by atoms with Crippen molar-refractivity contribution in [3.63, 3.8) is 0 Å². The van der Waals surface area contributed by atoms with E-state index in [1.165, 1.54) is 0 Å². The van der Waals surface area contributed by atoms with Crippen LogP contribution in [0, 0.1) is 11.3 Å². The first kappa shape index (κ1) is 10.6. The molecule has 2 heterocycles. The highest BCUT2D eigenvalue weighted by Crippen LogP contribution is 2.19. The van der Waals surface area contributed by atoms with Gasteiger partial charge in [-0.2, -0.15) is 5.26 Å². The SMILES string of the molecule is CCOC(O)c1cc2ccc(C#N)nc2[nH]1. The number of hydrogen-bond acceptors (Lipinski definition) is 4. The van der Waals surface area contributed by atoms with Crippen molar-refractivity contribution in [1.82, 2.24) is 9.97 Å². The van der Waals surface area contributed by atoms with Gasteiger partial charge >= 0.3 is 0 Å². The van der Waals surface area contributed by atoms with Gasteiger partial charge in [0.1, 0.15) is 17.4 Å². The van der Waals surface area contributed by atoms with Crippen LogP contribution in [0.3, 0.4) is 0 Å². The van der Waals surface area contributed by atoms with E-state index in [-0.39, 0.29) is 0 Å². The number of aromatic amines is 1. The lowest BCUT2D eigenvalue weighted by Gasteiger charge is -2.06. The van der Waals surface area contributed by atoms with Crippen molar-refractivity contribution in [2.45, 2.75) is 13.2 Å². The van der Waals surface area contributed by atoms with Crippen LogP contribution in [0.1, 0.15) is 24.6 Å². The molecule has 0 amide bonds. The highest BCUT2D eigenvalue weighted by molar-refractivity contribution is 5.77. The van der Waals surface area contributed by atoms with Gasteiger partial charge < -0.3 is 14.8 Å². The highest BCUT2D eigenvalue weighted by Gasteiger charge is 2.11. The topological polar surface area (TPSA) is 81.9 Å². The van der Waals surface area contributed by atoms with Crippen LogP contribution in [0.15, 0.2) is 18.2 Å². The fourth-order valence-electron chi connectivity index (χ4n) is 1.47. The van der Waals surface area contributed by atoms with E-state index in [1.807, 2.05) is 6.07 Å². The van der Waals surface area contributed by atoms with Gasteiger partial charge in [0.25, 0.3) is 0 Å². The number of aromatic nitrogens is 2. The maximum absolute atomic E-state index is 9.60. The molecule has 0 saturated carbocycles. The Hall–Kier alpha value is -1.90. The van der Waals surface area contributed by atoms with Crippen LogP contribution in [0.5, 0.6) is 0 Å². The number of hydrogen-bond donors (Lipinski definition) is 2. The van der Waals surface area contributed by atoms with Gasteiger partial charge in [0.05, 0.1) is 5.69 Å². The van der Waals surface area contributed by atoms with Crippen molar-refractivity contribution in [3.05, 3.63) is 29.6 Å². The van der Waals surface area contributed by atoms with Crippen molar-refractivity contribution < 1.29 is 9.84 Å². The number of H-pyrrole nitrogens is 1. The number of nitrogens with zero attached hydrogens (tertiary/aromatic N) is 2. The highest BCUT2D eigenvalue weighted by atomic mass is 16.6. The Labute approximate surface area is 92.3 Å². The number of fused-ring (bicyclic) bond motifs is 1. The van der Waals surface area contributed by atoms with Gasteiger partial charge in [0, 0.05) is 12.0 Å². The molecule has 0 spiro atoms. The monoisotopic (exact) mass is 217 g/mol. The molecule has 0 radical (unpaired) electrons. The molecule has 0 aliphatic rings. The summed E-state index contributed by atoms with van der Waals surface area (Å²) < 4.78 is 5.05. The van der Waals surface area contributed by atoms with Crippen LogP contribution < -0.4 is 0 Å². The lowest BCUT2D eigenvalue weighted by atomic mass is 10.3. The van der Waals surface area contributed by atoms with Gasteiger partial charge in [-0.05, 0) is 25.1 Å². The molecule has 5 nitrogen and oxygen atoms in total. The van der Waals surface area contributed by atoms with Crippen LogP contribution in [0.2, 0.25) is 0 Å². The second kappa shape index (κ2) is 4.31. The molecule has 16 heavy (non-hydrogen) atoms. The average Bonchev–Trinajstić information content (AvgIpc) is 2.71. The Morgan fingerprint density at radius 1 is 1.62 bits per heavy atom. The Morgan fingerprint density at radius 3 is 3.12 bits per heavy atom. The molecular weight excluding hydrogens is 206 g/mol. The smallest absolute Gasteiger partial charge is 0.196 e. The van der Waals surface area contributed by atoms with E-state index in [0.717, 1.165) is 5.39 Å². The van der Waals surface area contributed by atoms with E-state index < -0.39 is 6.29 Å². The number of aliphatic hydroxyl groups excluding tert-OH is 1. The second-order valence-electron chi connectivity index (χ2n) is 3.28. The predicted molar refractivity (Wildman–Crippen MR) is 57.4 cm³/mol. The number of rotatable bonds is 3. The van der Waals surface area contributed by atoms with E-state index in [4.69, 9.17) is 10.00 Å². The van der Waals surface area contributed by atoms with Crippen molar-refractivity contribution in [3.8, 4) is 6.07 Å². The Kier molecular flexibility index (Phi) is 2.86. The van der Waals surface area contributed by atoms with Gasteiger partial charge in [-0.25, -0.2) is 4.98 Å². The third kappa shape index (κ3) is 1.89. The summed E-state index contributed by atoms with van der Waals surface area (Å²) in [6, 6.07) is 7.12. The standard InChI is InChI=1S/C11H11N3O2/c1-2-16-11(15)9-5-7-3-4-8(6-12)13-10(7)14-9/h3-5,11,15H,2H2,1H3,(H,13,14). The number of nitrogens with one attached hydrogen (secondary N) is 1. The Balaban J connectivity index is 2.40. The molecule has 2 aromatic rings. The normalized spacial score (nSPS) is 12.6. The number of ether oxygens (including phenoxy) is 1. The van der Waals surface area contributed by atoms with E-state index >= 15 is 0 Å². The summed E-state index contributed by atoms with van der Waals surface area (Å²) >= 11 is 0. The summed E-state index contributed by atoms with van der Waals surface area (Å²) in [5.74, 6) is 0. The molecule has 2 N–H and O–H groups in total. The summed E-state index contributed by atoms with van der Waals surface area (Å²) in [7, 11) is 0. The molecule has 0 bridgehead atoms. The number of aliphatic hydroxyl groups is 1. The molecule has 0 aliphatic carbocycles. The van der Waals surface area contributed by atoms with Crippen molar-refractivity contribution >= 4 is 11.0 Å². The zero-order chi connectivity index (χ0) is 11.5. The fourth-order valence-corrected chi connectivity index (χ4v) is 1.47.